The van der Waals surface area contributed by atoms with Gasteiger partial charge in [0.2, 0.25) is 0 Å². The van der Waals surface area contributed by atoms with Gasteiger partial charge < -0.3 is 10.6 Å². The Labute approximate surface area is 176 Å². The van der Waals surface area contributed by atoms with Gasteiger partial charge in [-0.15, -0.1) is 0 Å². The maximum atomic E-state index is 14.5. The SMILES string of the molecule is NC(=S)N/N=C/c1cc(F)c(N2CCN(Cc3c(F)cccc3Cl)CC2)cc1F. The minimum Gasteiger partial charge on any atom is -0.375 e. The Morgan fingerprint density at radius 1 is 1.14 bits per heavy atom. The normalized spacial score (nSPS) is 15.1. The number of nitrogens with two attached hydrogens (primary N) is 1. The smallest absolute Gasteiger partial charge is 0.184 e. The van der Waals surface area contributed by atoms with Crippen molar-refractivity contribution in [3.63, 3.8) is 0 Å². The summed E-state index contributed by atoms with van der Waals surface area (Å²) in [5.74, 6) is -1.53. The number of hydrazone groups is 1. The molecule has 3 N–H and O–H groups in total. The van der Waals surface area contributed by atoms with E-state index in [-0.39, 0.29) is 22.2 Å². The number of halogens is 4. The van der Waals surface area contributed by atoms with Crippen LogP contribution in [0.25, 0.3) is 0 Å². The molecular weight excluding hydrogens is 423 g/mol. The number of benzene rings is 2. The van der Waals surface area contributed by atoms with Crippen molar-refractivity contribution >= 4 is 40.8 Å². The number of piperazine rings is 1. The second kappa shape index (κ2) is 9.43. The van der Waals surface area contributed by atoms with Crippen LogP contribution in [-0.2, 0) is 6.54 Å². The zero-order valence-corrected chi connectivity index (χ0v) is 16.9. The molecule has 0 radical (unpaired) electrons. The van der Waals surface area contributed by atoms with Gasteiger partial charge in [-0.05, 0) is 30.4 Å². The monoisotopic (exact) mass is 441 g/mol. The number of nitrogens with zero attached hydrogens (tertiary/aromatic N) is 3. The highest BCUT2D eigenvalue weighted by Gasteiger charge is 2.22. The molecule has 1 fully saturated rings. The van der Waals surface area contributed by atoms with Crippen LogP contribution in [0.3, 0.4) is 0 Å². The second-order valence-corrected chi connectivity index (χ2v) is 7.37. The molecule has 154 valence electrons. The number of anilines is 1. The molecule has 0 aromatic heterocycles. The van der Waals surface area contributed by atoms with Gasteiger partial charge in [-0.1, -0.05) is 17.7 Å². The summed E-state index contributed by atoms with van der Waals surface area (Å²) in [6.45, 7) is 2.43. The maximum Gasteiger partial charge on any atom is 0.184 e. The average Bonchev–Trinajstić information content (AvgIpc) is 2.67. The van der Waals surface area contributed by atoms with E-state index in [0.29, 0.717) is 43.3 Å². The first-order chi connectivity index (χ1) is 13.8. The number of hydrogen-bond donors (Lipinski definition) is 2. The van der Waals surface area contributed by atoms with Crippen molar-refractivity contribution in [2.45, 2.75) is 6.54 Å². The summed E-state index contributed by atoms with van der Waals surface area (Å²) in [4.78, 5) is 3.78. The fourth-order valence-electron chi connectivity index (χ4n) is 3.11. The highest BCUT2D eigenvalue weighted by Crippen LogP contribution is 2.26. The van der Waals surface area contributed by atoms with Crippen molar-refractivity contribution in [1.29, 1.82) is 0 Å². The molecule has 0 saturated carbocycles. The fraction of sp³-hybridized carbons (Fsp3) is 0.263. The summed E-state index contributed by atoms with van der Waals surface area (Å²) in [6.07, 6.45) is 1.11. The first-order valence-electron chi connectivity index (χ1n) is 8.83. The van der Waals surface area contributed by atoms with Crippen molar-refractivity contribution in [1.82, 2.24) is 10.3 Å². The summed E-state index contributed by atoms with van der Waals surface area (Å²) < 4.78 is 42.8. The van der Waals surface area contributed by atoms with E-state index < -0.39 is 11.6 Å². The molecule has 2 aromatic carbocycles. The third-order valence-corrected chi connectivity index (χ3v) is 5.05. The molecule has 0 unspecified atom stereocenters. The van der Waals surface area contributed by atoms with Crippen LogP contribution in [0.1, 0.15) is 11.1 Å². The summed E-state index contributed by atoms with van der Waals surface area (Å²) in [7, 11) is 0. The van der Waals surface area contributed by atoms with E-state index in [1.807, 2.05) is 4.90 Å². The molecule has 10 heteroatoms. The van der Waals surface area contributed by atoms with Gasteiger partial charge in [0, 0.05) is 54.9 Å². The van der Waals surface area contributed by atoms with Crippen LogP contribution in [0.5, 0.6) is 0 Å². The minimum atomic E-state index is -0.615. The molecule has 29 heavy (non-hydrogen) atoms. The van der Waals surface area contributed by atoms with Crippen molar-refractivity contribution < 1.29 is 13.2 Å². The van der Waals surface area contributed by atoms with Gasteiger partial charge in [0.1, 0.15) is 17.5 Å². The Morgan fingerprint density at radius 3 is 2.52 bits per heavy atom. The van der Waals surface area contributed by atoms with Crippen LogP contribution in [-0.4, -0.2) is 42.4 Å². The number of rotatable bonds is 5. The fourth-order valence-corrected chi connectivity index (χ4v) is 3.39. The molecule has 3 rings (SSSR count). The summed E-state index contributed by atoms with van der Waals surface area (Å²) in [6, 6.07) is 6.79. The lowest BCUT2D eigenvalue weighted by Gasteiger charge is -2.36. The van der Waals surface area contributed by atoms with Gasteiger partial charge in [0.15, 0.2) is 5.11 Å². The first-order valence-corrected chi connectivity index (χ1v) is 9.61. The van der Waals surface area contributed by atoms with Crippen molar-refractivity contribution in [3.8, 4) is 0 Å². The van der Waals surface area contributed by atoms with E-state index in [2.05, 4.69) is 22.7 Å². The molecule has 2 aromatic rings. The third kappa shape index (κ3) is 5.37. The zero-order chi connectivity index (χ0) is 21.0. The minimum absolute atomic E-state index is 0.0252. The first kappa shape index (κ1) is 21.4. The topological polar surface area (TPSA) is 56.9 Å². The van der Waals surface area contributed by atoms with Crippen molar-refractivity contribution in [3.05, 3.63) is 63.9 Å². The largest absolute Gasteiger partial charge is 0.375 e. The molecule has 0 aliphatic carbocycles. The number of nitrogens with one attached hydrogen (secondary N) is 1. The predicted molar refractivity (Wildman–Crippen MR) is 113 cm³/mol. The molecule has 0 atom stereocenters. The Kier molecular flexibility index (Phi) is 6.94. The van der Waals surface area contributed by atoms with Gasteiger partial charge in [0.05, 0.1) is 11.9 Å². The van der Waals surface area contributed by atoms with Crippen LogP contribution < -0.4 is 16.1 Å². The van der Waals surface area contributed by atoms with E-state index in [4.69, 9.17) is 17.3 Å². The van der Waals surface area contributed by atoms with E-state index in [9.17, 15) is 13.2 Å². The van der Waals surface area contributed by atoms with E-state index in [1.54, 1.807) is 17.0 Å². The highest BCUT2D eigenvalue weighted by molar-refractivity contribution is 7.80. The highest BCUT2D eigenvalue weighted by atomic mass is 35.5. The lowest BCUT2D eigenvalue weighted by atomic mass is 10.1. The molecule has 0 bridgehead atoms. The second-order valence-electron chi connectivity index (χ2n) is 6.52. The number of hydrogen-bond acceptors (Lipinski definition) is 4. The van der Waals surface area contributed by atoms with Gasteiger partial charge in [0.25, 0.3) is 0 Å². The predicted octanol–water partition coefficient (Wildman–Crippen LogP) is 3.25. The van der Waals surface area contributed by atoms with Crippen molar-refractivity contribution in [2.24, 2.45) is 10.8 Å². The lowest BCUT2D eigenvalue weighted by molar-refractivity contribution is 0.246. The van der Waals surface area contributed by atoms with Gasteiger partial charge in [-0.3, -0.25) is 10.3 Å². The average molecular weight is 442 g/mol. The summed E-state index contributed by atoms with van der Waals surface area (Å²) >= 11 is 10.7. The molecule has 0 spiro atoms. The molecule has 1 aliphatic heterocycles. The van der Waals surface area contributed by atoms with E-state index >= 15 is 0 Å². The maximum absolute atomic E-state index is 14.5. The quantitative estimate of drug-likeness (QED) is 0.424. The van der Waals surface area contributed by atoms with Crippen LogP contribution in [0, 0.1) is 17.5 Å². The van der Waals surface area contributed by atoms with Crippen LogP contribution >= 0.6 is 23.8 Å². The van der Waals surface area contributed by atoms with Gasteiger partial charge in [-0.25, -0.2) is 13.2 Å². The van der Waals surface area contributed by atoms with Crippen LogP contribution in [0.4, 0.5) is 18.9 Å². The Bertz CT molecular complexity index is 912. The molecule has 1 heterocycles. The van der Waals surface area contributed by atoms with Crippen LogP contribution in [0.2, 0.25) is 5.02 Å². The Balaban J connectivity index is 1.65. The Morgan fingerprint density at radius 2 is 1.86 bits per heavy atom. The zero-order valence-electron chi connectivity index (χ0n) is 15.3. The Hall–Kier alpha value is -2.36. The van der Waals surface area contributed by atoms with E-state index in [0.717, 1.165) is 18.3 Å². The third-order valence-electron chi connectivity index (χ3n) is 4.60. The molecule has 0 amide bonds. The van der Waals surface area contributed by atoms with Gasteiger partial charge >= 0.3 is 0 Å². The molecular formula is C19H19ClF3N5S. The molecule has 1 aliphatic rings. The number of thiocarbonyl (C=S) groups is 1. The lowest BCUT2D eigenvalue weighted by Crippen LogP contribution is -2.46. The molecule has 1 saturated heterocycles. The van der Waals surface area contributed by atoms with Crippen molar-refractivity contribution in [2.75, 3.05) is 31.1 Å². The summed E-state index contributed by atoms with van der Waals surface area (Å²) in [5.41, 5.74) is 8.10. The van der Waals surface area contributed by atoms with E-state index in [1.165, 1.54) is 6.07 Å². The van der Waals surface area contributed by atoms with Gasteiger partial charge in [-0.2, -0.15) is 5.10 Å². The summed E-state index contributed by atoms with van der Waals surface area (Å²) in [5, 5.41) is 3.94. The van der Waals surface area contributed by atoms with Crippen LogP contribution in [0.15, 0.2) is 35.4 Å². The standard InChI is InChI=1S/C19H19ClF3N5S/c20-14-2-1-3-15(21)13(14)11-27-4-6-28(7-5-27)18-9-16(22)12(8-17(18)23)10-25-26-19(24)29/h1-3,8-10H,4-7,11H2,(H3,24,26,29)/b25-10+. The molecule has 5 nitrogen and oxygen atoms in total.